The number of halogens is 1. The SMILES string of the molecule is CNS(=O)(=O)Cc1ccc(C)c(F)c1. The Kier molecular flexibility index (Phi) is 3.23. The van der Waals surface area contributed by atoms with E-state index in [0.29, 0.717) is 11.1 Å². The number of sulfonamides is 1. The Balaban J connectivity index is 2.94. The molecule has 5 heteroatoms. The summed E-state index contributed by atoms with van der Waals surface area (Å²) in [7, 11) is -1.99. The lowest BCUT2D eigenvalue weighted by atomic mass is 10.2. The van der Waals surface area contributed by atoms with Crippen molar-refractivity contribution in [1.82, 2.24) is 4.72 Å². The topological polar surface area (TPSA) is 46.2 Å². The summed E-state index contributed by atoms with van der Waals surface area (Å²) in [6, 6.07) is 4.41. The van der Waals surface area contributed by atoms with E-state index in [4.69, 9.17) is 0 Å². The fraction of sp³-hybridized carbons (Fsp3) is 0.333. The van der Waals surface area contributed by atoms with Gasteiger partial charge < -0.3 is 0 Å². The molecule has 14 heavy (non-hydrogen) atoms. The molecule has 0 aliphatic rings. The molecule has 1 aromatic carbocycles. The van der Waals surface area contributed by atoms with Gasteiger partial charge in [-0.25, -0.2) is 17.5 Å². The first-order chi connectivity index (χ1) is 6.44. The van der Waals surface area contributed by atoms with E-state index in [1.807, 2.05) is 0 Å². The van der Waals surface area contributed by atoms with E-state index in [-0.39, 0.29) is 11.6 Å². The Morgan fingerprint density at radius 1 is 1.43 bits per heavy atom. The predicted molar refractivity (Wildman–Crippen MR) is 52.8 cm³/mol. The lowest BCUT2D eigenvalue weighted by Gasteiger charge is -2.03. The second-order valence-corrected chi connectivity index (χ2v) is 4.97. The molecule has 1 N–H and O–H groups in total. The van der Waals surface area contributed by atoms with Crippen LogP contribution in [0.15, 0.2) is 18.2 Å². The first-order valence-electron chi connectivity index (χ1n) is 4.11. The highest BCUT2D eigenvalue weighted by molar-refractivity contribution is 7.88. The van der Waals surface area contributed by atoms with Crippen molar-refractivity contribution in [2.24, 2.45) is 0 Å². The van der Waals surface area contributed by atoms with E-state index in [1.165, 1.54) is 13.1 Å². The molecule has 78 valence electrons. The minimum Gasteiger partial charge on any atom is -0.218 e. The monoisotopic (exact) mass is 217 g/mol. The number of nitrogens with one attached hydrogen (secondary N) is 1. The Morgan fingerprint density at radius 2 is 2.07 bits per heavy atom. The molecule has 0 aliphatic heterocycles. The highest BCUT2D eigenvalue weighted by Gasteiger charge is 2.09. The third-order valence-electron chi connectivity index (χ3n) is 1.90. The van der Waals surface area contributed by atoms with Gasteiger partial charge in [0.05, 0.1) is 5.75 Å². The Labute approximate surface area is 83.0 Å². The number of rotatable bonds is 3. The van der Waals surface area contributed by atoms with Crippen molar-refractivity contribution in [3.8, 4) is 0 Å². The fourth-order valence-electron chi connectivity index (χ4n) is 1.02. The molecule has 0 atom stereocenters. The molecule has 1 aromatic rings. The first kappa shape index (κ1) is 11.1. The Morgan fingerprint density at radius 3 is 2.57 bits per heavy atom. The van der Waals surface area contributed by atoms with Crippen LogP contribution in [0.5, 0.6) is 0 Å². The third-order valence-corrected chi connectivity index (χ3v) is 3.24. The van der Waals surface area contributed by atoms with Crippen LogP contribution in [0.25, 0.3) is 0 Å². The quantitative estimate of drug-likeness (QED) is 0.826. The van der Waals surface area contributed by atoms with Crippen LogP contribution >= 0.6 is 0 Å². The van der Waals surface area contributed by atoms with Crippen LogP contribution in [0.1, 0.15) is 11.1 Å². The highest BCUT2D eigenvalue weighted by atomic mass is 32.2. The standard InChI is InChI=1S/C9H12FNO2S/c1-7-3-4-8(5-9(7)10)6-14(12,13)11-2/h3-5,11H,6H2,1-2H3. The molecule has 0 aromatic heterocycles. The largest absolute Gasteiger partial charge is 0.218 e. The molecule has 0 unspecified atom stereocenters. The number of hydrogen-bond donors (Lipinski definition) is 1. The van der Waals surface area contributed by atoms with Gasteiger partial charge >= 0.3 is 0 Å². The van der Waals surface area contributed by atoms with Crippen molar-refractivity contribution in [1.29, 1.82) is 0 Å². The smallest absolute Gasteiger partial charge is 0.215 e. The number of aryl methyl sites for hydroxylation is 1. The summed E-state index contributed by atoms with van der Waals surface area (Å²) in [6.07, 6.45) is 0. The van der Waals surface area contributed by atoms with Gasteiger partial charge in [-0.1, -0.05) is 12.1 Å². The van der Waals surface area contributed by atoms with Crippen LogP contribution in [-0.4, -0.2) is 15.5 Å². The maximum atomic E-state index is 13.0. The molecule has 0 heterocycles. The zero-order chi connectivity index (χ0) is 10.8. The van der Waals surface area contributed by atoms with E-state index in [2.05, 4.69) is 4.72 Å². The molecule has 0 radical (unpaired) electrons. The van der Waals surface area contributed by atoms with E-state index < -0.39 is 10.0 Å². The van der Waals surface area contributed by atoms with Gasteiger partial charge in [0.15, 0.2) is 0 Å². The average molecular weight is 217 g/mol. The van der Waals surface area contributed by atoms with E-state index in [9.17, 15) is 12.8 Å². The molecule has 1 rings (SSSR count). The number of hydrogen-bond acceptors (Lipinski definition) is 2. The highest BCUT2D eigenvalue weighted by Crippen LogP contribution is 2.11. The summed E-state index contributed by atoms with van der Waals surface area (Å²) in [6.45, 7) is 1.63. The predicted octanol–water partition coefficient (Wildman–Crippen LogP) is 1.18. The van der Waals surface area contributed by atoms with Gasteiger partial charge in [-0.3, -0.25) is 0 Å². The van der Waals surface area contributed by atoms with Crippen LogP contribution in [0.3, 0.4) is 0 Å². The van der Waals surface area contributed by atoms with Crippen molar-refractivity contribution in [3.05, 3.63) is 35.1 Å². The first-order valence-corrected chi connectivity index (χ1v) is 5.76. The van der Waals surface area contributed by atoms with Gasteiger partial charge in [-0.15, -0.1) is 0 Å². The number of benzene rings is 1. The van der Waals surface area contributed by atoms with Crippen molar-refractivity contribution < 1.29 is 12.8 Å². The third kappa shape index (κ3) is 2.78. The van der Waals surface area contributed by atoms with Gasteiger partial charge in [0.1, 0.15) is 5.82 Å². The van der Waals surface area contributed by atoms with Crippen molar-refractivity contribution in [2.75, 3.05) is 7.05 Å². The van der Waals surface area contributed by atoms with Crippen LogP contribution in [0, 0.1) is 12.7 Å². The zero-order valence-electron chi connectivity index (χ0n) is 8.04. The zero-order valence-corrected chi connectivity index (χ0v) is 8.86. The summed E-state index contributed by atoms with van der Waals surface area (Å²) < 4.78 is 37.5. The van der Waals surface area contributed by atoms with Crippen LogP contribution in [0.2, 0.25) is 0 Å². The van der Waals surface area contributed by atoms with Gasteiger partial charge in [0.25, 0.3) is 0 Å². The lowest BCUT2D eigenvalue weighted by Crippen LogP contribution is -2.20. The van der Waals surface area contributed by atoms with E-state index in [0.717, 1.165) is 0 Å². The van der Waals surface area contributed by atoms with Crippen LogP contribution in [0.4, 0.5) is 4.39 Å². The lowest BCUT2D eigenvalue weighted by molar-refractivity contribution is 0.586. The second kappa shape index (κ2) is 4.06. The van der Waals surface area contributed by atoms with Gasteiger partial charge in [0.2, 0.25) is 10.0 Å². The molecule has 0 amide bonds. The fourth-order valence-corrected chi connectivity index (χ4v) is 1.78. The second-order valence-electron chi connectivity index (χ2n) is 3.05. The molecular weight excluding hydrogens is 205 g/mol. The molecule has 0 saturated heterocycles. The van der Waals surface area contributed by atoms with Crippen LogP contribution < -0.4 is 4.72 Å². The van der Waals surface area contributed by atoms with Crippen molar-refractivity contribution in [2.45, 2.75) is 12.7 Å². The molecule has 0 aliphatic carbocycles. The minimum absolute atomic E-state index is 0.194. The van der Waals surface area contributed by atoms with E-state index >= 15 is 0 Å². The van der Waals surface area contributed by atoms with Gasteiger partial charge in [-0.2, -0.15) is 0 Å². The Bertz CT molecular complexity index is 428. The van der Waals surface area contributed by atoms with Crippen molar-refractivity contribution >= 4 is 10.0 Å². The molecule has 3 nitrogen and oxygen atoms in total. The summed E-state index contributed by atoms with van der Waals surface area (Å²) in [4.78, 5) is 0. The normalized spacial score (nSPS) is 11.6. The molecule has 0 saturated carbocycles. The molecule has 0 bridgehead atoms. The van der Waals surface area contributed by atoms with Crippen LogP contribution in [-0.2, 0) is 15.8 Å². The average Bonchev–Trinajstić information content (AvgIpc) is 2.11. The molecule has 0 fully saturated rings. The summed E-state index contributed by atoms with van der Waals surface area (Å²) in [5.74, 6) is -0.574. The van der Waals surface area contributed by atoms with Crippen molar-refractivity contribution in [3.63, 3.8) is 0 Å². The summed E-state index contributed by atoms with van der Waals surface area (Å²) in [5.41, 5.74) is 0.957. The molecule has 0 spiro atoms. The maximum absolute atomic E-state index is 13.0. The molecular formula is C9H12FNO2S. The minimum atomic E-state index is -3.32. The van der Waals surface area contributed by atoms with Gasteiger partial charge in [0, 0.05) is 0 Å². The van der Waals surface area contributed by atoms with E-state index in [1.54, 1.807) is 19.1 Å². The summed E-state index contributed by atoms with van der Waals surface area (Å²) in [5, 5.41) is 0. The summed E-state index contributed by atoms with van der Waals surface area (Å²) >= 11 is 0. The maximum Gasteiger partial charge on any atom is 0.215 e. The Hall–Kier alpha value is -0.940. The van der Waals surface area contributed by atoms with Gasteiger partial charge in [-0.05, 0) is 31.2 Å².